The van der Waals surface area contributed by atoms with Gasteiger partial charge in [0.25, 0.3) is 0 Å². The second-order valence-electron chi connectivity index (χ2n) is 5.69. The fourth-order valence-corrected chi connectivity index (χ4v) is 2.70. The summed E-state index contributed by atoms with van der Waals surface area (Å²) in [4.78, 5) is 12.0. The van der Waals surface area contributed by atoms with E-state index in [1.165, 1.54) is 24.5 Å². The Morgan fingerprint density at radius 3 is 2.73 bits per heavy atom. The molecule has 0 aliphatic rings. The first-order valence-electron chi connectivity index (χ1n) is 7.93. The van der Waals surface area contributed by atoms with Crippen molar-refractivity contribution in [2.24, 2.45) is 0 Å². The molecule has 7 heteroatoms. The minimum atomic E-state index is -0.505. The highest BCUT2D eigenvalue weighted by molar-refractivity contribution is 6.30. The summed E-state index contributed by atoms with van der Waals surface area (Å²) in [5, 5.41) is 6.58. The molecule has 3 aromatic rings. The summed E-state index contributed by atoms with van der Waals surface area (Å²) in [6, 6.07) is 10.5. The largest absolute Gasteiger partial charge is 0.364 e. The number of benzene rings is 2. The molecular formula is C19H15ClF2N2O2. The third kappa shape index (κ3) is 4.26. The van der Waals surface area contributed by atoms with Crippen LogP contribution in [0.5, 0.6) is 0 Å². The van der Waals surface area contributed by atoms with Gasteiger partial charge in [-0.1, -0.05) is 35.0 Å². The standard InChI is InChI=1S/C19H15ClF2N2O2/c20-15-9-12(5-7-17(15)22)10-23-18(25)8-6-13-11-26-24-19(13)14-3-1-2-4-16(14)21/h1-5,7,9,11H,6,8,10H2,(H,23,25). The number of carbonyl (C=O) groups is 1. The summed E-state index contributed by atoms with van der Waals surface area (Å²) in [7, 11) is 0. The predicted molar refractivity (Wildman–Crippen MR) is 93.5 cm³/mol. The van der Waals surface area contributed by atoms with Gasteiger partial charge in [-0.15, -0.1) is 0 Å². The Hall–Kier alpha value is -2.73. The molecule has 134 valence electrons. The predicted octanol–water partition coefficient (Wildman–Crippen LogP) is 4.52. The van der Waals surface area contributed by atoms with E-state index in [9.17, 15) is 13.6 Å². The highest BCUT2D eigenvalue weighted by atomic mass is 35.5. The van der Waals surface area contributed by atoms with Crippen LogP contribution in [0.3, 0.4) is 0 Å². The fourth-order valence-electron chi connectivity index (χ4n) is 2.50. The molecule has 0 aliphatic carbocycles. The lowest BCUT2D eigenvalue weighted by atomic mass is 10.0. The van der Waals surface area contributed by atoms with Crippen molar-refractivity contribution in [3.05, 3.63) is 76.5 Å². The van der Waals surface area contributed by atoms with E-state index in [2.05, 4.69) is 10.5 Å². The van der Waals surface area contributed by atoms with Crippen LogP contribution in [0.15, 0.2) is 53.3 Å². The zero-order chi connectivity index (χ0) is 18.5. The Morgan fingerprint density at radius 1 is 1.15 bits per heavy atom. The third-order valence-electron chi connectivity index (χ3n) is 3.87. The van der Waals surface area contributed by atoms with Crippen molar-refractivity contribution in [1.29, 1.82) is 0 Å². The van der Waals surface area contributed by atoms with E-state index in [4.69, 9.17) is 16.1 Å². The van der Waals surface area contributed by atoms with Gasteiger partial charge in [0.15, 0.2) is 0 Å². The average Bonchev–Trinajstić information content (AvgIpc) is 3.09. The summed E-state index contributed by atoms with van der Waals surface area (Å²) in [5.41, 5.74) is 2.07. The number of aromatic nitrogens is 1. The van der Waals surface area contributed by atoms with Crippen molar-refractivity contribution >= 4 is 17.5 Å². The van der Waals surface area contributed by atoms with Gasteiger partial charge >= 0.3 is 0 Å². The molecule has 0 bridgehead atoms. The summed E-state index contributed by atoms with van der Waals surface area (Å²) in [5.74, 6) is -1.11. The Balaban J connectivity index is 1.58. The van der Waals surface area contributed by atoms with Crippen LogP contribution in [0.4, 0.5) is 8.78 Å². The van der Waals surface area contributed by atoms with Crippen LogP contribution in [0, 0.1) is 11.6 Å². The molecule has 0 aliphatic heterocycles. The van der Waals surface area contributed by atoms with Crippen LogP contribution in [-0.2, 0) is 17.8 Å². The highest BCUT2D eigenvalue weighted by Gasteiger charge is 2.15. The SMILES string of the molecule is O=C(CCc1conc1-c1ccccc1F)NCc1ccc(F)c(Cl)c1. The number of nitrogens with one attached hydrogen (secondary N) is 1. The van der Waals surface area contributed by atoms with E-state index in [1.807, 2.05) is 0 Å². The van der Waals surface area contributed by atoms with E-state index in [-0.39, 0.29) is 23.9 Å². The first kappa shape index (κ1) is 18.1. The molecule has 0 spiro atoms. The molecule has 0 radical (unpaired) electrons. The molecule has 26 heavy (non-hydrogen) atoms. The minimum Gasteiger partial charge on any atom is -0.364 e. The maximum Gasteiger partial charge on any atom is 0.220 e. The Bertz CT molecular complexity index is 927. The van der Waals surface area contributed by atoms with Crippen LogP contribution in [0.1, 0.15) is 17.5 Å². The topological polar surface area (TPSA) is 55.1 Å². The van der Waals surface area contributed by atoms with E-state index in [0.717, 1.165) is 0 Å². The molecule has 4 nitrogen and oxygen atoms in total. The first-order valence-corrected chi connectivity index (χ1v) is 8.31. The van der Waals surface area contributed by atoms with Gasteiger partial charge in [0.1, 0.15) is 23.6 Å². The third-order valence-corrected chi connectivity index (χ3v) is 4.16. The van der Waals surface area contributed by atoms with Crippen molar-refractivity contribution in [3.8, 4) is 11.3 Å². The normalized spacial score (nSPS) is 10.7. The highest BCUT2D eigenvalue weighted by Crippen LogP contribution is 2.25. The van der Waals surface area contributed by atoms with Crippen LogP contribution in [0.2, 0.25) is 5.02 Å². The summed E-state index contributed by atoms with van der Waals surface area (Å²) in [6.45, 7) is 0.239. The summed E-state index contributed by atoms with van der Waals surface area (Å²) >= 11 is 5.71. The molecule has 1 amide bonds. The molecule has 2 aromatic carbocycles. The lowest BCUT2D eigenvalue weighted by Gasteiger charge is -2.06. The Kier molecular flexibility index (Phi) is 5.63. The number of nitrogens with zero attached hydrogens (tertiary/aromatic N) is 1. The second kappa shape index (κ2) is 8.10. The summed E-state index contributed by atoms with van der Waals surface area (Å²) in [6.07, 6.45) is 1.94. The maximum atomic E-state index is 13.9. The smallest absolute Gasteiger partial charge is 0.220 e. The molecule has 0 fully saturated rings. The number of aryl methyl sites for hydroxylation is 1. The molecular weight excluding hydrogens is 362 g/mol. The number of rotatable bonds is 6. The van der Waals surface area contributed by atoms with Crippen LogP contribution in [-0.4, -0.2) is 11.1 Å². The van der Waals surface area contributed by atoms with E-state index < -0.39 is 11.6 Å². The minimum absolute atomic E-state index is 0.00995. The molecule has 1 heterocycles. The Labute approximate surface area is 153 Å². The lowest BCUT2D eigenvalue weighted by Crippen LogP contribution is -2.23. The van der Waals surface area contributed by atoms with E-state index in [0.29, 0.717) is 28.8 Å². The van der Waals surface area contributed by atoms with Gasteiger partial charge in [0.2, 0.25) is 5.91 Å². The van der Waals surface area contributed by atoms with Crippen LogP contribution >= 0.6 is 11.6 Å². The maximum absolute atomic E-state index is 13.9. The summed E-state index contributed by atoms with van der Waals surface area (Å²) < 4.78 is 32.0. The molecule has 0 atom stereocenters. The molecule has 0 unspecified atom stereocenters. The van der Waals surface area contributed by atoms with Crippen molar-refractivity contribution in [1.82, 2.24) is 10.5 Å². The number of amides is 1. The van der Waals surface area contributed by atoms with Gasteiger partial charge in [-0.3, -0.25) is 4.79 Å². The van der Waals surface area contributed by atoms with Gasteiger partial charge in [0, 0.05) is 24.1 Å². The van der Waals surface area contributed by atoms with Gasteiger partial charge in [-0.05, 0) is 36.2 Å². The number of halogens is 3. The lowest BCUT2D eigenvalue weighted by molar-refractivity contribution is -0.121. The first-order chi connectivity index (χ1) is 12.5. The zero-order valence-corrected chi connectivity index (χ0v) is 14.4. The average molecular weight is 377 g/mol. The molecule has 1 N–H and O–H groups in total. The monoisotopic (exact) mass is 376 g/mol. The number of carbonyl (C=O) groups excluding carboxylic acids is 1. The Morgan fingerprint density at radius 2 is 1.96 bits per heavy atom. The van der Waals surface area contributed by atoms with Gasteiger partial charge < -0.3 is 9.84 Å². The molecule has 3 rings (SSSR count). The van der Waals surface area contributed by atoms with Crippen LogP contribution in [0.25, 0.3) is 11.3 Å². The van der Waals surface area contributed by atoms with Crippen molar-refractivity contribution in [2.75, 3.05) is 0 Å². The van der Waals surface area contributed by atoms with E-state index >= 15 is 0 Å². The zero-order valence-electron chi connectivity index (χ0n) is 13.6. The van der Waals surface area contributed by atoms with E-state index in [1.54, 1.807) is 24.3 Å². The van der Waals surface area contributed by atoms with Crippen molar-refractivity contribution in [3.63, 3.8) is 0 Å². The number of hydrogen-bond donors (Lipinski definition) is 1. The van der Waals surface area contributed by atoms with Gasteiger partial charge in [-0.25, -0.2) is 8.78 Å². The molecule has 0 saturated carbocycles. The van der Waals surface area contributed by atoms with Gasteiger partial charge in [-0.2, -0.15) is 0 Å². The molecule has 1 aromatic heterocycles. The van der Waals surface area contributed by atoms with Crippen molar-refractivity contribution in [2.45, 2.75) is 19.4 Å². The number of hydrogen-bond acceptors (Lipinski definition) is 3. The van der Waals surface area contributed by atoms with Gasteiger partial charge in [0.05, 0.1) is 5.02 Å². The quantitative estimate of drug-likeness (QED) is 0.688. The second-order valence-corrected chi connectivity index (χ2v) is 6.10. The fraction of sp³-hybridized carbons (Fsp3) is 0.158. The molecule has 0 saturated heterocycles. The van der Waals surface area contributed by atoms with Crippen LogP contribution < -0.4 is 5.32 Å². The van der Waals surface area contributed by atoms with Crippen molar-refractivity contribution < 1.29 is 18.1 Å².